The van der Waals surface area contributed by atoms with Crippen LogP contribution in [0.1, 0.15) is 12.0 Å². The Balaban J connectivity index is 1.45. The quantitative estimate of drug-likeness (QED) is 0.645. The lowest BCUT2D eigenvalue weighted by atomic mass is 10.0. The highest BCUT2D eigenvalue weighted by Crippen LogP contribution is 2.25. The van der Waals surface area contributed by atoms with Crippen molar-refractivity contribution in [1.29, 1.82) is 0 Å². The Labute approximate surface area is 179 Å². The average Bonchev–Trinajstić information content (AvgIpc) is 2.81. The van der Waals surface area contributed by atoms with Gasteiger partial charge in [-0.3, -0.25) is 4.79 Å². The zero-order valence-corrected chi connectivity index (χ0v) is 17.3. The van der Waals surface area contributed by atoms with E-state index in [0.29, 0.717) is 13.0 Å². The van der Waals surface area contributed by atoms with Crippen molar-refractivity contribution in [2.45, 2.75) is 18.9 Å². The van der Waals surface area contributed by atoms with Gasteiger partial charge in [-0.1, -0.05) is 66.7 Å². The molecule has 4 nitrogen and oxygen atoms in total. The Morgan fingerprint density at radius 3 is 2.03 bits per heavy atom. The number of para-hydroxylation sites is 2. The second kappa shape index (κ2) is 10.1. The number of carbonyl (C=O) groups excluding carboxylic acids is 1. The molecule has 1 fully saturated rings. The molecule has 4 heteroatoms. The molecule has 3 aromatic rings. The molecule has 0 bridgehead atoms. The summed E-state index contributed by atoms with van der Waals surface area (Å²) in [5.41, 5.74) is 3.49. The number of anilines is 2. The zero-order chi connectivity index (χ0) is 20.6. The van der Waals surface area contributed by atoms with Crippen LogP contribution in [0.2, 0.25) is 0 Å². The Hall–Kier alpha value is -3.11. The second-order valence-corrected chi connectivity index (χ2v) is 7.71. The zero-order valence-electron chi connectivity index (χ0n) is 17.3. The van der Waals surface area contributed by atoms with E-state index < -0.39 is 0 Å². The van der Waals surface area contributed by atoms with E-state index in [4.69, 9.17) is 0 Å². The van der Waals surface area contributed by atoms with Gasteiger partial charge in [0.25, 0.3) is 0 Å². The summed E-state index contributed by atoms with van der Waals surface area (Å²) < 4.78 is 0. The fourth-order valence-electron chi connectivity index (χ4n) is 4.13. The Bertz CT molecular complexity index is 875. The highest BCUT2D eigenvalue weighted by molar-refractivity contribution is 5.78. The molecule has 0 spiro atoms. The van der Waals surface area contributed by atoms with E-state index >= 15 is 0 Å². The van der Waals surface area contributed by atoms with Crippen molar-refractivity contribution in [3.8, 4) is 0 Å². The van der Waals surface area contributed by atoms with E-state index in [9.17, 15) is 4.79 Å². The molecule has 3 aromatic carbocycles. The minimum Gasteiger partial charge on any atom is -0.341 e. The maximum Gasteiger partial charge on any atom is 0.224 e. The number of hydrogen-bond acceptors (Lipinski definition) is 3. The van der Waals surface area contributed by atoms with Crippen LogP contribution < -0.4 is 10.2 Å². The standard InChI is InChI=1S/C26H29N3O/c30-26(29-19-17-27-21-25(29)20-22-10-4-1-5-11-22)16-18-28(23-12-6-2-7-13-23)24-14-8-3-9-15-24/h1-15,25,27H,16-21H2. The molecule has 154 valence electrons. The van der Waals surface area contributed by atoms with Crippen molar-refractivity contribution in [2.24, 2.45) is 0 Å². The summed E-state index contributed by atoms with van der Waals surface area (Å²) in [4.78, 5) is 17.5. The minimum absolute atomic E-state index is 0.204. The molecule has 1 atom stereocenters. The van der Waals surface area contributed by atoms with E-state index in [2.05, 4.69) is 63.6 Å². The predicted molar refractivity (Wildman–Crippen MR) is 123 cm³/mol. The van der Waals surface area contributed by atoms with Gasteiger partial charge in [-0.25, -0.2) is 0 Å². The Kier molecular flexibility index (Phi) is 6.78. The van der Waals surface area contributed by atoms with Crippen LogP contribution in [0.5, 0.6) is 0 Å². The van der Waals surface area contributed by atoms with Gasteiger partial charge >= 0.3 is 0 Å². The lowest BCUT2D eigenvalue weighted by Gasteiger charge is -2.37. The van der Waals surface area contributed by atoms with Crippen LogP contribution >= 0.6 is 0 Å². The van der Waals surface area contributed by atoms with Gasteiger partial charge < -0.3 is 15.1 Å². The van der Waals surface area contributed by atoms with Crippen molar-refractivity contribution in [3.63, 3.8) is 0 Å². The van der Waals surface area contributed by atoms with Crippen LogP contribution in [0.3, 0.4) is 0 Å². The van der Waals surface area contributed by atoms with Crippen LogP contribution in [0.25, 0.3) is 0 Å². The monoisotopic (exact) mass is 399 g/mol. The molecular weight excluding hydrogens is 370 g/mol. The highest BCUT2D eigenvalue weighted by Gasteiger charge is 2.27. The number of rotatable bonds is 7. The molecule has 1 amide bonds. The number of nitrogens with zero attached hydrogens (tertiary/aromatic N) is 2. The van der Waals surface area contributed by atoms with Gasteiger partial charge in [0, 0.05) is 50.0 Å². The van der Waals surface area contributed by atoms with Gasteiger partial charge in [-0.05, 0) is 36.2 Å². The fourth-order valence-corrected chi connectivity index (χ4v) is 4.13. The van der Waals surface area contributed by atoms with Crippen LogP contribution in [0, 0.1) is 0 Å². The van der Waals surface area contributed by atoms with Gasteiger partial charge in [0.05, 0.1) is 0 Å². The maximum absolute atomic E-state index is 13.2. The Morgan fingerprint density at radius 2 is 1.43 bits per heavy atom. The third kappa shape index (κ3) is 5.08. The molecule has 1 unspecified atom stereocenters. The van der Waals surface area contributed by atoms with Crippen LogP contribution in [-0.4, -0.2) is 43.0 Å². The van der Waals surface area contributed by atoms with Gasteiger partial charge in [0.15, 0.2) is 0 Å². The first-order valence-corrected chi connectivity index (χ1v) is 10.7. The number of carbonyl (C=O) groups is 1. The smallest absolute Gasteiger partial charge is 0.224 e. The van der Waals surface area contributed by atoms with Crippen molar-refractivity contribution >= 4 is 17.3 Å². The largest absolute Gasteiger partial charge is 0.341 e. The van der Waals surface area contributed by atoms with Gasteiger partial charge in [-0.2, -0.15) is 0 Å². The van der Waals surface area contributed by atoms with Gasteiger partial charge in [0.2, 0.25) is 5.91 Å². The number of nitrogens with one attached hydrogen (secondary N) is 1. The summed E-state index contributed by atoms with van der Waals surface area (Å²) in [5, 5.41) is 3.45. The molecule has 0 radical (unpaired) electrons. The Morgan fingerprint density at radius 1 is 0.867 bits per heavy atom. The van der Waals surface area contributed by atoms with Crippen molar-refractivity contribution in [2.75, 3.05) is 31.1 Å². The summed E-state index contributed by atoms with van der Waals surface area (Å²) in [6.45, 7) is 3.14. The van der Waals surface area contributed by atoms with Crippen molar-refractivity contribution < 1.29 is 4.79 Å². The van der Waals surface area contributed by atoms with Gasteiger partial charge in [0.1, 0.15) is 0 Å². The molecule has 1 N–H and O–H groups in total. The normalized spacial score (nSPS) is 16.3. The first kappa shape index (κ1) is 20.2. The number of hydrogen-bond donors (Lipinski definition) is 1. The van der Waals surface area contributed by atoms with Crippen LogP contribution in [0.15, 0.2) is 91.0 Å². The molecule has 1 heterocycles. The third-order valence-electron chi connectivity index (χ3n) is 5.67. The van der Waals surface area contributed by atoms with E-state index in [1.165, 1.54) is 5.56 Å². The molecule has 0 aromatic heterocycles. The number of benzene rings is 3. The maximum atomic E-state index is 13.2. The SMILES string of the molecule is O=C(CCN(c1ccccc1)c1ccccc1)N1CCNCC1Cc1ccccc1. The van der Waals surface area contributed by atoms with Crippen LogP contribution in [0.4, 0.5) is 11.4 Å². The van der Waals surface area contributed by atoms with Crippen LogP contribution in [-0.2, 0) is 11.2 Å². The molecule has 1 saturated heterocycles. The first-order valence-electron chi connectivity index (χ1n) is 10.7. The molecule has 0 saturated carbocycles. The van der Waals surface area contributed by atoms with E-state index in [0.717, 1.165) is 37.4 Å². The first-order chi connectivity index (χ1) is 14.8. The van der Waals surface area contributed by atoms with Crippen molar-refractivity contribution in [1.82, 2.24) is 10.2 Å². The lowest BCUT2D eigenvalue weighted by molar-refractivity contribution is -0.134. The number of amides is 1. The topological polar surface area (TPSA) is 35.6 Å². The molecule has 1 aliphatic rings. The molecule has 1 aliphatic heterocycles. The molecular formula is C26H29N3O. The van der Waals surface area contributed by atoms with E-state index in [1.807, 2.05) is 42.5 Å². The summed E-state index contributed by atoms with van der Waals surface area (Å²) in [6, 6.07) is 31.3. The summed E-state index contributed by atoms with van der Waals surface area (Å²) in [5.74, 6) is 0.231. The minimum atomic E-state index is 0.204. The lowest BCUT2D eigenvalue weighted by Crippen LogP contribution is -2.54. The highest BCUT2D eigenvalue weighted by atomic mass is 16.2. The summed E-state index contributed by atoms with van der Waals surface area (Å²) in [7, 11) is 0. The average molecular weight is 400 g/mol. The van der Waals surface area contributed by atoms with E-state index in [-0.39, 0.29) is 11.9 Å². The van der Waals surface area contributed by atoms with Gasteiger partial charge in [-0.15, -0.1) is 0 Å². The molecule has 4 rings (SSSR count). The molecule has 0 aliphatic carbocycles. The second-order valence-electron chi connectivity index (χ2n) is 7.71. The third-order valence-corrected chi connectivity index (χ3v) is 5.67. The molecule has 30 heavy (non-hydrogen) atoms. The van der Waals surface area contributed by atoms with E-state index in [1.54, 1.807) is 0 Å². The number of piperazine rings is 1. The van der Waals surface area contributed by atoms with Crippen molar-refractivity contribution in [3.05, 3.63) is 96.6 Å². The predicted octanol–water partition coefficient (Wildman–Crippen LogP) is 4.26. The fraction of sp³-hybridized carbons (Fsp3) is 0.269. The summed E-state index contributed by atoms with van der Waals surface area (Å²) >= 11 is 0. The summed E-state index contributed by atoms with van der Waals surface area (Å²) in [6.07, 6.45) is 1.38.